The fourth-order valence-electron chi connectivity index (χ4n) is 2.98. The predicted octanol–water partition coefficient (Wildman–Crippen LogP) is 1.60. The van der Waals surface area contributed by atoms with Gasteiger partial charge in [0.2, 0.25) is 0 Å². The lowest BCUT2D eigenvalue weighted by atomic mass is 9.98. The Morgan fingerprint density at radius 1 is 1.40 bits per heavy atom. The molecule has 3 rings (SSSR count). The lowest BCUT2D eigenvalue weighted by Crippen LogP contribution is -2.51. The van der Waals surface area contributed by atoms with Crippen molar-refractivity contribution in [1.82, 2.24) is 20.3 Å². The van der Waals surface area contributed by atoms with Crippen LogP contribution in [-0.4, -0.2) is 37.9 Å². The van der Waals surface area contributed by atoms with Crippen LogP contribution in [0.4, 0.5) is 5.69 Å². The van der Waals surface area contributed by atoms with Gasteiger partial charge >= 0.3 is 0 Å². The molecule has 1 aliphatic carbocycles. The van der Waals surface area contributed by atoms with Crippen molar-refractivity contribution in [2.75, 3.05) is 6.54 Å². The Morgan fingerprint density at radius 3 is 2.76 bits per heavy atom. The van der Waals surface area contributed by atoms with E-state index >= 15 is 0 Å². The minimum atomic E-state index is -0.487. The summed E-state index contributed by atoms with van der Waals surface area (Å²) in [5, 5.41) is 21.6. The molecular formula is C15H19ClN6O3. The van der Waals surface area contributed by atoms with E-state index in [1.165, 1.54) is 23.0 Å². The number of benzene rings is 1. The third-order valence-electron chi connectivity index (χ3n) is 4.36. The topological polar surface area (TPSA) is 129 Å². The smallest absolute Gasteiger partial charge is 0.273 e. The molecule has 0 radical (unpaired) electrons. The van der Waals surface area contributed by atoms with E-state index in [1.54, 1.807) is 12.1 Å². The maximum absolute atomic E-state index is 12.4. The first-order valence-corrected chi connectivity index (χ1v) is 7.73. The zero-order valence-corrected chi connectivity index (χ0v) is 14.2. The van der Waals surface area contributed by atoms with Gasteiger partial charge in [-0.25, -0.2) is 4.68 Å². The number of halogens is 1. The van der Waals surface area contributed by atoms with Crippen molar-refractivity contribution in [2.45, 2.75) is 31.2 Å². The Morgan fingerprint density at radius 2 is 2.12 bits per heavy atom. The molecule has 10 heteroatoms. The van der Waals surface area contributed by atoms with Gasteiger partial charge in [-0.1, -0.05) is 24.1 Å². The van der Waals surface area contributed by atoms with Crippen LogP contribution in [0.25, 0.3) is 5.69 Å². The van der Waals surface area contributed by atoms with Crippen LogP contribution >= 0.6 is 12.4 Å². The second-order valence-electron chi connectivity index (χ2n) is 5.97. The summed E-state index contributed by atoms with van der Waals surface area (Å²) in [5.41, 5.74) is 6.01. The molecule has 1 heterocycles. The number of nitro groups is 1. The SMILES string of the molecule is Cl.NCC1(NC(=O)c2cn(-c3cccc([N+](=O)[O-])c3)nn2)CCCC1. The number of hydrogen-bond donors (Lipinski definition) is 2. The molecular weight excluding hydrogens is 348 g/mol. The van der Waals surface area contributed by atoms with E-state index in [2.05, 4.69) is 15.6 Å². The van der Waals surface area contributed by atoms with Gasteiger partial charge in [0.05, 0.1) is 22.3 Å². The number of nitro benzene ring substituents is 1. The zero-order chi connectivity index (χ0) is 17.2. The van der Waals surface area contributed by atoms with Crippen molar-refractivity contribution in [3.63, 3.8) is 0 Å². The van der Waals surface area contributed by atoms with Gasteiger partial charge in [-0.05, 0) is 18.9 Å². The molecule has 1 saturated carbocycles. The highest BCUT2D eigenvalue weighted by molar-refractivity contribution is 5.92. The number of aromatic nitrogens is 3. The number of nitrogens with zero attached hydrogens (tertiary/aromatic N) is 4. The number of non-ortho nitro benzene ring substituents is 1. The molecule has 0 spiro atoms. The lowest BCUT2D eigenvalue weighted by molar-refractivity contribution is -0.384. The average molecular weight is 367 g/mol. The van der Waals surface area contributed by atoms with E-state index < -0.39 is 4.92 Å². The van der Waals surface area contributed by atoms with Gasteiger partial charge < -0.3 is 11.1 Å². The summed E-state index contributed by atoms with van der Waals surface area (Å²) in [6, 6.07) is 5.96. The summed E-state index contributed by atoms with van der Waals surface area (Å²) in [5.74, 6) is -0.334. The van der Waals surface area contributed by atoms with Gasteiger partial charge in [0, 0.05) is 18.7 Å². The third-order valence-corrected chi connectivity index (χ3v) is 4.36. The quantitative estimate of drug-likeness (QED) is 0.610. The normalized spacial score (nSPS) is 15.4. The van der Waals surface area contributed by atoms with E-state index in [4.69, 9.17) is 5.73 Å². The molecule has 0 bridgehead atoms. The standard InChI is InChI=1S/C15H18N6O3.ClH/c16-10-15(6-1-2-7-15)17-14(22)13-9-20(19-18-13)11-4-3-5-12(8-11)21(23)24;/h3-5,8-9H,1-2,6-7,10,16H2,(H,17,22);1H. The highest BCUT2D eigenvalue weighted by atomic mass is 35.5. The Kier molecular flexibility index (Phi) is 5.70. The van der Waals surface area contributed by atoms with Crippen LogP contribution in [0.2, 0.25) is 0 Å². The predicted molar refractivity (Wildman–Crippen MR) is 93.0 cm³/mol. The van der Waals surface area contributed by atoms with E-state index in [0.29, 0.717) is 12.2 Å². The Bertz CT molecular complexity index is 772. The summed E-state index contributed by atoms with van der Waals surface area (Å²) >= 11 is 0. The number of hydrogen-bond acceptors (Lipinski definition) is 6. The second kappa shape index (κ2) is 7.58. The first-order valence-electron chi connectivity index (χ1n) is 7.73. The minimum Gasteiger partial charge on any atom is -0.344 e. The Hall–Kier alpha value is -2.52. The van der Waals surface area contributed by atoms with Crippen molar-refractivity contribution in [3.05, 3.63) is 46.3 Å². The highest BCUT2D eigenvalue weighted by Crippen LogP contribution is 2.28. The highest BCUT2D eigenvalue weighted by Gasteiger charge is 2.34. The minimum absolute atomic E-state index is 0. The third kappa shape index (κ3) is 3.94. The molecule has 1 aromatic carbocycles. The molecule has 0 aliphatic heterocycles. The van der Waals surface area contributed by atoms with Gasteiger partial charge in [0.1, 0.15) is 0 Å². The molecule has 1 aromatic heterocycles. The largest absolute Gasteiger partial charge is 0.344 e. The maximum Gasteiger partial charge on any atom is 0.273 e. The molecule has 3 N–H and O–H groups in total. The number of carbonyl (C=O) groups is 1. The molecule has 1 aliphatic rings. The van der Waals surface area contributed by atoms with Crippen molar-refractivity contribution >= 4 is 24.0 Å². The zero-order valence-electron chi connectivity index (χ0n) is 13.4. The monoisotopic (exact) mass is 366 g/mol. The fraction of sp³-hybridized carbons (Fsp3) is 0.400. The van der Waals surface area contributed by atoms with Gasteiger partial charge in [-0.3, -0.25) is 14.9 Å². The molecule has 9 nitrogen and oxygen atoms in total. The van der Waals surface area contributed by atoms with Crippen LogP contribution in [0, 0.1) is 10.1 Å². The molecule has 25 heavy (non-hydrogen) atoms. The van der Waals surface area contributed by atoms with Crippen LogP contribution in [0.3, 0.4) is 0 Å². The number of amides is 1. The van der Waals surface area contributed by atoms with Gasteiger partial charge in [0.25, 0.3) is 11.6 Å². The molecule has 0 unspecified atom stereocenters. The van der Waals surface area contributed by atoms with Crippen LogP contribution < -0.4 is 11.1 Å². The summed E-state index contributed by atoms with van der Waals surface area (Å²) in [6.07, 6.45) is 5.24. The fourth-order valence-corrected chi connectivity index (χ4v) is 2.98. The van der Waals surface area contributed by atoms with E-state index in [1.807, 2.05) is 0 Å². The average Bonchev–Trinajstić information content (AvgIpc) is 3.25. The van der Waals surface area contributed by atoms with Crippen molar-refractivity contribution in [3.8, 4) is 5.69 Å². The summed E-state index contributed by atoms with van der Waals surface area (Å²) < 4.78 is 1.34. The van der Waals surface area contributed by atoms with E-state index in [0.717, 1.165) is 25.7 Å². The van der Waals surface area contributed by atoms with Gasteiger partial charge in [-0.15, -0.1) is 17.5 Å². The summed E-state index contributed by atoms with van der Waals surface area (Å²) in [7, 11) is 0. The molecule has 1 amide bonds. The number of rotatable bonds is 5. The maximum atomic E-state index is 12.4. The molecule has 2 aromatic rings. The van der Waals surface area contributed by atoms with E-state index in [-0.39, 0.29) is 35.2 Å². The second-order valence-corrected chi connectivity index (χ2v) is 5.97. The van der Waals surface area contributed by atoms with Crippen molar-refractivity contribution in [2.24, 2.45) is 5.73 Å². The van der Waals surface area contributed by atoms with Crippen molar-refractivity contribution in [1.29, 1.82) is 0 Å². The molecule has 0 saturated heterocycles. The molecule has 1 fully saturated rings. The van der Waals surface area contributed by atoms with Crippen LogP contribution in [-0.2, 0) is 0 Å². The van der Waals surface area contributed by atoms with Crippen LogP contribution in [0.15, 0.2) is 30.5 Å². The number of nitrogens with one attached hydrogen (secondary N) is 1. The van der Waals surface area contributed by atoms with E-state index in [9.17, 15) is 14.9 Å². The first-order chi connectivity index (χ1) is 11.5. The number of carbonyl (C=O) groups excluding carboxylic acids is 1. The van der Waals surface area contributed by atoms with Gasteiger partial charge in [0.15, 0.2) is 5.69 Å². The molecule has 0 atom stereocenters. The first kappa shape index (κ1) is 18.8. The lowest BCUT2D eigenvalue weighted by Gasteiger charge is -2.28. The number of nitrogens with two attached hydrogens (primary N) is 1. The van der Waals surface area contributed by atoms with Crippen molar-refractivity contribution < 1.29 is 9.72 Å². The summed E-state index contributed by atoms with van der Waals surface area (Å²) in [6.45, 7) is 0.387. The van der Waals surface area contributed by atoms with Crippen LogP contribution in [0.1, 0.15) is 36.2 Å². The Balaban J connectivity index is 0.00000225. The Labute approximate surface area is 150 Å². The van der Waals surface area contributed by atoms with Gasteiger partial charge in [-0.2, -0.15) is 0 Å². The summed E-state index contributed by atoms with van der Waals surface area (Å²) in [4.78, 5) is 22.8. The van der Waals surface area contributed by atoms with Crippen LogP contribution in [0.5, 0.6) is 0 Å². The molecule has 134 valence electrons.